The molecule has 0 unspecified atom stereocenters. The number of nitrogen functional groups attached to an aromatic ring is 1. The summed E-state index contributed by atoms with van der Waals surface area (Å²) in [5, 5.41) is 0. The van der Waals surface area contributed by atoms with E-state index in [0.717, 1.165) is 5.56 Å². The van der Waals surface area contributed by atoms with Crippen LogP contribution in [0.25, 0.3) is 0 Å². The Morgan fingerprint density at radius 2 is 2.24 bits per heavy atom. The molecule has 1 aromatic carbocycles. The Kier molecular flexibility index (Phi) is 3.14. The van der Waals surface area contributed by atoms with Gasteiger partial charge in [-0.1, -0.05) is 0 Å². The number of rotatable bonds is 4. The van der Waals surface area contributed by atoms with E-state index < -0.39 is 0 Å². The van der Waals surface area contributed by atoms with Crippen molar-refractivity contribution < 1.29 is 13.9 Å². The van der Waals surface area contributed by atoms with Gasteiger partial charge in [0.15, 0.2) is 5.78 Å². The number of carbonyl (C=O) groups is 1. The summed E-state index contributed by atoms with van der Waals surface area (Å²) in [4.78, 5) is 12.0. The number of ketones is 1. The van der Waals surface area contributed by atoms with Gasteiger partial charge in [0.2, 0.25) is 0 Å². The summed E-state index contributed by atoms with van der Waals surface area (Å²) in [5.41, 5.74) is 7.54. The number of anilines is 1. The Bertz CT molecular complexity index is 517. The minimum absolute atomic E-state index is 0.0530. The van der Waals surface area contributed by atoms with Crippen LogP contribution in [0.2, 0.25) is 0 Å². The zero-order valence-corrected chi connectivity index (χ0v) is 9.47. The molecule has 0 bridgehead atoms. The van der Waals surface area contributed by atoms with E-state index in [0.29, 0.717) is 17.0 Å². The second-order valence-corrected chi connectivity index (χ2v) is 3.68. The van der Waals surface area contributed by atoms with Gasteiger partial charge in [0, 0.05) is 17.7 Å². The largest absolute Gasteiger partial charge is 0.497 e. The van der Waals surface area contributed by atoms with Crippen molar-refractivity contribution in [2.75, 3.05) is 12.8 Å². The molecule has 4 heteroatoms. The first kappa shape index (κ1) is 11.3. The Balaban J connectivity index is 2.24. The SMILES string of the molecule is COc1ccc(N)c(C(=O)Cc2ccoc2)c1. The van der Waals surface area contributed by atoms with Gasteiger partial charge in [-0.15, -0.1) is 0 Å². The van der Waals surface area contributed by atoms with E-state index in [4.69, 9.17) is 14.9 Å². The lowest BCUT2D eigenvalue weighted by atomic mass is 10.0. The first-order chi connectivity index (χ1) is 8.20. The van der Waals surface area contributed by atoms with Gasteiger partial charge in [-0.3, -0.25) is 4.79 Å². The third-order valence-electron chi connectivity index (χ3n) is 2.51. The summed E-state index contributed by atoms with van der Waals surface area (Å²) in [6.45, 7) is 0. The number of nitrogens with two attached hydrogens (primary N) is 1. The fourth-order valence-corrected chi connectivity index (χ4v) is 1.58. The maximum absolute atomic E-state index is 12.0. The number of hydrogen-bond donors (Lipinski definition) is 1. The zero-order chi connectivity index (χ0) is 12.3. The molecule has 2 rings (SSSR count). The van der Waals surface area contributed by atoms with E-state index >= 15 is 0 Å². The van der Waals surface area contributed by atoms with Crippen LogP contribution in [-0.2, 0) is 6.42 Å². The summed E-state index contributed by atoms with van der Waals surface area (Å²) in [6.07, 6.45) is 3.36. The molecular formula is C13H13NO3. The van der Waals surface area contributed by atoms with Gasteiger partial charge < -0.3 is 14.9 Å². The van der Waals surface area contributed by atoms with Crippen molar-refractivity contribution in [1.82, 2.24) is 0 Å². The maximum atomic E-state index is 12.0. The minimum Gasteiger partial charge on any atom is -0.497 e. The van der Waals surface area contributed by atoms with Crippen molar-refractivity contribution in [3.05, 3.63) is 47.9 Å². The smallest absolute Gasteiger partial charge is 0.169 e. The summed E-state index contributed by atoms with van der Waals surface area (Å²) in [6, 6.07) is 6.80. The highest BCUT2D eigenvalue weighted by atomic mass is 16.5. The van der Waals surface area contributed by atoms with Crippen LogP contribution in [0.15, 0.2) is 41.2 Å². The lowest BCUT2D eigenvalue weighted by Crippen LogP contribution is -2.06. The molecule has 17 heavy (non-hydrogen) atoms. The Labute approximate surface area is 99.0 Å². The zero-order valence-electron chi connectivity index (χ0n) is 9.47. The normalized spacial score (nSPS) is 10.2. The van der Waals surface area contributed by atoms with Gasteiger partial charge in [0.05, 0.1) is 19.6 Å². The van der Waals surface area contributed by atoms with Crippen molar-refractivity contribution >= 4 is 11.5 Å². The Morgan fingerprint density at radius 1 is 1.41 bits per heavy atom. The van der Waals surface area contributed by atoms with Crippen LogP contribution < -0.4 is 10.5 Å². The van der Waals surface area contributed by atoms with Gasteiger partial charge in [-0.05, 0) is 29.8 Å². The molecule has 0 atom stereocenters. The third kappa shape index (κ3) is 2.47. The van der Waals surface area contributed by atoms with Crippen LogP contribution in [0, 0.1) is 0 Å². The topological polar surface area (TPSA) is 65.5 Å². The molecule has 88 valence electrons. The van der Waals surface area contributed by atoms with Gasteiger partial charge in [-0.25, -0.2) is 0 Å². The van der Waals surface area contributed by atoms with E-state index in [1.54, 1.807) is 37.6 Å². The molecule has 2 aromatic rings. The average molecular weight is 231 g/mol. The van der Waals surface area contributed by atoms with Crippen molar-refractivity contribution in [1.29, 1.82) is 0 Å². The predicted octanol–water partition coefficient (Wildman–Crippen LogP) is 2.30. The number of Topliss-reactive ketones (excluding diaryl/α,β-unsaturated/α-hetero) is 1. The highest BCUT2D eigenvalue weighted by molar-refractivity contribution is 6.02. The van der Waals surface area contributed by atoms with E-state index in [2.05, 4.69) is 0 Å². The summed E-state index contributed by atoms with van der Waals surface area (Å²) in [5.74, 6) is 0.567. The van der Waals surface area contributed by atoms with Crippen LogP contribution in [0.5, 0.6) is 5.75 Å². The number of methoxy groups -OCH3 is 1. The molecule has 0 aliphatic rings. The minimum atomic E-state index is -0.0530. The second kappa shape index (κ2) is 4.74. The standard InChI is InChI=1S/C13H13NO3/c1-16-10-2-3-12(14)11(7-10)13(15)6-9-4-5-17-8-9/h2-5,7-8H,6,14H2,1H3. The molecule has 0 spiro atoms. The molecule has 1 aromatic heterocycles. The molecule has 2 N–H and O–H groups in total. The fraction of sp³-hybridized carbons (Fsp3) is 0.154. The van der Waals surface area contributed by atoms with Crippen LogP contribution in [0.3, 0.4) is 0 Å². The van der Waals surface area contributed by atoms with E-state index in [9.17, 15) is 4.79 Å². The van der Waals surface area contributed by atoms with Crippen LogP contribution >= 0.6 is 0 Å². The molecule has 0 saturated carbocycles. The molecule has 1 heterocycles. The van der Waals surface area contributed by atoms with Crippen LogP contribution in [0.1, 0.15) is 15.9 Å². The van der Waals surface area contributed by atoms with Gasteiger partial charge >= 0.3 is 0 Å². The van der Waals surface area contributed by atoms with Gasteiger partial charge in [0.25, 0.3) is 0 Å². The Morgan fingerprint density at radius 3 is 2.88 bits per heavy atom. The van der Waals surface area contributed by atoms with Crippen molar-refractivity contribution in [2.45, 2.75) is 6.42 Å². The van der Waals surface area contributed by atoms with Crippen LogP contribution in [-0.4, -0.2) is 12.9 Å². The predicted molar refractivity (Wildman–Crippen MR) is 64.1 cm³/mol. The van der Waals surface area contributed by atoms with E-state index in [1.807, 2.05) is 0 Å². The molecule has 0 saturated heterocycles. The quantitative estimate of drug-likeness (QED) is 0.647. The number of benzene rings is 1. The number of carbonyl (C=O) groups excluding carboxylic acids is 1. The van der Waals surface area contributed by atoms with E-state index in [-0.39, 0.29) is 12.2 Å². The average Bonchev–Trinajstić information content (AvgIpc) is 2.82. The highest BCUT2D eigenvalue weighted by Gasteiger charge is 2.12. The molecule has 0 aliphatic carbocycles. The molecule has 0 amide bonds. The van der Waals surface area contributed by atoms with Crippen molar-refractivity contribution in [2.24, 2.45) is 0 Å². The lowest BCUT2D eigenvalue weighted by Gasteiger charge is -2.06. The third-order valence-corrected chi connectivity index (χ3v) is 2.51. The van der Waals surface area contributed by atoms with E-state index in [1.165, 1.54) is 6.26 Å². The van der Waals surface area contributed by atoms with Crippen molar-refractivity contribution in [3.63, 3.8) is 0 Å². The van der Waals surface area contributed by atoms with Gasteiger partial charge in [-0.2, -0.15) is 0 Å². The highest BCUT2D eigenvalue weighted by Crippen LogP contribution is 2.21. The fourth-order valence-electron chi connectivity index (χ4n) is 1.58. The molecular weight excluding hydrogens is 218 g/mol. The lowest BCUT2D eigenvalue weighted by molar-refractivity contribution is 0.0993. The Hall–Kier alpha value is -2.23. The molecule has 0 radical (unpaired) electrons. The summed E-state index contributed by atoms with van der Waals surface area (Å²) < 4.78 is 9.99. The summed E-state index contributed by atoms with van der Waals surface area (Å²) >= 11 is 0. The van der Waals surface area contributed by atoms with Gasteiger partial charge in [0.1, 0.15) is 5.75 Å². The first-order valence-electron chi connectivity index (χ1n) is 5.18. The number of hydrogen-bond acceptors (Lipinski definition) is 4. The first-order valence-corrected chi connectivity index (χ1v) is 5.18. The number of ether oxygens (including phenoxy) is 1. The summed E-state index contributed by atoms with van der Waals surface area (Å²) in [7, 11) is 1.55. The second-order valence-electron chi connectivity index (χ2n) is 3.68. The monoisotopic (exact) mass is 231 g/mol. The maximum Gasteiger partial charge on any atom is 0.169 e. The molecule has 0 fully saturated rings. The molecule has 4 nitrogen and oxygen atoms in total. The number of furan rings is 1. The van der Waals surface area contributed by atoms with Crippen molar-refractivity contribution in [3.8, 4) is 5.75 Å². The molecule has 0 aliphatic heterocycles. The van der Waals surface area contributed by atoms with Crippen LogP contribution in [0.4, 0.5) is 5.69 Å².